The van der Waals surface area contributed by atoms with E-state index < -0.39 is 11.9 Å². The highest BCUT2D eigenvalue weighted by Gasteiger charge is 2.31. The Labute approximate surface area is 105 Å². The molecule has 0 atom stereocenters. The Morgan fingerprint density at radius 1 is 1.00 bits per heavy atom. The number of hydrogen-bond donors (Lipinski definition) is 0. The molecule has 16 heavy (non-hydrogen) atoms. The summed E-state index contributed by atoms with van der Waals surface area (Å²) in [5.41, 5.74) is 0.748. The summed E-state index contributed by atoms with van der Waals surface area (Å²) in [4.78, 5) is 22.9. The van der Waals surface area contributed by atoms with Gasteiger partial charge in [-0.05, 0) is 51.6 Å². The number of carbonyl (C=O) groups excluding carboxylic acids is 2. The van der Waals surface area contributed by atoms with Crippen LogP contribution in [0.2, 0.25) is 0 Å². The normalized spacial score (nSPS) is 14.1. The molecule has 0 spiro atoms. The van der Waals surface area contributed by atoms with Crippen LogP contribution in [0.3, 0.4) is 0 Å². The lowest BCUT2D eigenvalue weighted by Gasteiger charge is -2.01. The molecule has 0 aromatic heterocycles. The maximum Gasteiger partial charge on any atom is 0.347 e. The van der Waals surface area contributed by atoms with E-state index in [1.165, 1.54) is 0 Å². The van der Waals surface area contributed by atoms with Crippen LogP contribution in [0.25, 0.3) is 10.8 Å². The Morgan fingerprint density at radius 3 is 2.62 bits per heavy atom. The predicted molar refractivity (Wildman–Crippen MR) is 66.4 cm³/mol. The number of fused-ring (bicyclic) bond motifs is 3. The van der Waals surface area contributed by atoms with E-state index in [-0.39, 0.29) is 0 Å². The summed E-state index contributed by atoms with van der Waals surface area (Å²) in [6.07, 6.45) is 0. The second-order valence-corrected chi connectivity index (χ2v) is 4.78. The molecule has 0 aliphatic carbocycles. The topological polar surface area (TPSA) is 43.4 Å². The van der Waals surface area contributed by atoms with Crippen molar-refractivity contribution in [2.75, 3.05) is 0 Å². The third kappa shape index (κ3) is 1.26. The van der Waals surface area contributed by atoms with Gasteiger partial charge in [0.2, 0.25) is 0 Å². The van der Waals surface area contributed by atoms with Crippen LogP contribution < -0.4 is 0 Å². The van der Waals surface area contributed by atoms with Gasteiger partial charge < -0.3 is 4.74 Å². The number of carbonyl (C=O) groups is 2. The van der Waals surface area contributed by atoms with E-state index in [2.05, 4.69) is 27.3 Å². The van der Waals surface area contributed by atoms with Crippen molar-refractivity contribution in [3.8, 4) is 0 Å². The molecule has 0 unspecified atom stereocenters. The minimum Gasteiger partial charge on any atom is -0.386 e. The lowest BCUT2D eigenvalue weighted by Crippen LogP contribution is -1.97. The molecule has 2 aromatic rings. The molecular formula is C12H5IO3. The van der Waals surface area contributed by atoms with Gasteiger partial charge in [-0.15, -0.1) is 0 Å². The van der Waals surface area contributed by atoms with E-state index in [0.717, 1.165) is 14.3 Å². The Hall–Kier alpha value is -1.43. The summed E-state index contributed by atoms with van der Waals surface area (Å²) in [5.74, 6) is -1.10. The van der Waals surface area contributed by atoms with Crippen LogP contribution in [0.4, 0.5) is 0 Å². The molecule has 2 aromatic carbocycles. The molecule has 78 valence electrons. The standard InChI is InChI=1S/C12H5IO3/c13-7-2-4-8-6(5-7)1-3-9-10(8)12(15)16-11(9)14/h1-5H. The van der Waals surface area contributed by atoms with E-state index in [4.69, 9.17) is 0 Å². The predicted octanol–water partition coefficient (Wildman–Crippen LogP) is 2.76. The minimum atomic E-state index is -0.555. The summed E-state index contributed by atoms with van der Waals surface area (Å²) in [7, 11) is 0. The van der Waals surface area contributed by atoms with Crippen LogP contribution in [0.5, 0.6) is 0 Å². The summed E-state index contributed by atoms with van der Waals surface area (Å²) >= 11 is 2.20. The van der Waals surface area contributed by atoms with Crippen LogP contribution in [-0.4, -0.2) is 11.9 Å². The molecule has 1 aliphatic rings. The largest absolute Gasteiger partial charge is 0.386 e. The fourth-order valence-electron chi connectivity index (χ4n) is 1.88. The van der Waals surface area contributed by atoms with Crippen molar-refractivity contribution in [1.29, 1.82) is 0 Å². The number of rotatable bonds is 0. The van der Waals surface area contributed by atoms with Gasteiger partial charge in [-0.3, -0.25) is 0 Å². The summed E-state index contributed by atoms with van der Waals surface area (Å²) < 4.78 is 5.68. The summed E-state index contributed by atoms with van der Waals surface area (Å²) in [6, 6.07) is 9.18. The zero-order valence-electron chi connectivity index (χ0n) is 7.99. The molecule has 0 amide bonds. The first-order valence-corrected chi connectivity index (χ1v) is 5.73. The third-order valence-electron chi connectivity index (χ3n) is 2.59. The van der Waals surface area contributed by atoms with E-state index in [9.17, 15) is 9.59 Å². The van der Waals surface area contributed by atoms with E-state index in [1.54, 1.807) is 6.07 Å². The van der Waals surface area contributed by atoms with Crippen molar-refractivity contribution >= 4 is 45.3 Å². The van der Waals surface area contributed by atoms with E-state index >= 15 is 0 Å². The lowest BCUT2D eigenvalue weighted by molar-refractivity contribution is 0.0444. The Morgan fingerprint density at radius 2 is 1.81 bits per heavy atom. The molecule has 3 rings (SSSR count). The monoisotopic (exact) mass is 324 g/mol. The first kappa shape index (κ1) is 9.77. The first-order chi connectivity index (χ1) is 7.66. The van der Waals surface area contributed by atoms with E-state index in [0.29, 0.717) is 11.1 Å². The van der Waals surface area contributed by atoms with E-state index in [1.807, 2.05) is 24.3 Å². The summed E-state index contributed by atoms with van der Waals surface area (Å²) in [5, 5.41) is 1.71. The number of esters is 2. The highest BCUT2D eigenvalue weighted by Crippen LogP contribution is 2.29. The second-order valence-electron chi connectivity index (χ2n) is 3.53. The molecule has 1 aliphatic heterocycles. The molecular weight excluding hydrogens is 319 g/mol. The van der Waals surface area contributed by atoms with Gasteiger partial charge in [0.1, 0.15) is 0 Å². The summed E-state index contributed by atoms with van der Waals surface area (Å²) in [6.45, 7) is 0. The van der Waals surface area contributed by atoms with Gasteiger partial charge in [-0.2, -0.15) is 0 Å². The Kier molecular flexibility index (Phi) is 2.00. The van der Waals surface area contributed by atoms with Crippen LogP contribution in [0.15, 0.2) is 30.3 Å². The molecule has 1 heterocycles. The van der Waals surface area contributed by atoms with Crippen LogP contribution in [0.1, 0.15) is 20.7 Å². The van der Waals surface area contributed by atoms with Gasteiger partial charge >= 0.3 is 11.9 Å². The molecule has 3 nitrogen and oxygen atoms in total. The Bertz CT molecular complexity index is 646. The third-order valence-corrected chi connectivity index (χ3v) is 3.26. The van der Waals surface area contributed by atoms with Crippen molar-refractivity contribution < 1.29 is 14.3 Å². The van der Waals surface area contributed by atoms with Gasteiger partial charge in [0.25, 0.3) is 0 Å². The van der Waals surface area contributed by atoms with Crippen LogP contribution >= 0.6 is 22.6 Å². The SMILES string of the molecule is O=C1OC(=O)c2c1ccc1cc(I)ccc21. The molecule has 0 radical (unpaired) electrons. The van der Waals surface area contributed by atoms with Crippen LogP contribution in [0, 0.1) is 3.57 Å². The number of halogens is 1. The average Bonchev–Trinajstić information content (AvgIpc) is 2.54. The smallest absolute Gasteiger partial charge is 0.347 e. The fourth-order valence-corrected chi connectivity index (χ4v) is 2.40. The number of cyclic esters (lactones) is 2. The maximum atomic E-state index is 11.5. The van der Waals surface area contributed by atoms with Gasteiger partial charge in [-0.1, -0.05) is 12.1 Å². The van der Waals surface area contributed by atoms with Gasteiger partial charge in [0, 0.05) is 3.57 Å². The lowest BCUT2D eigenvalue weighted by atomic mass is 10.0. The fraction of sp³-hybridized carbons (Fsp3) is 0. The number of ether oxygens (including phenoxy) is 1. The molecule has 0 N–H and O–H groups in total. The Balaban J connectivity index is 2.45. The zero-order chi connectivity index (χ0) is 11.3. The first-order valence-electron chi connectivity index (χ1n) is 4.65. The number of benzene rings is 2. The molecule has 0 bridgehead atoms. The van der Waals surface area contributed by atoms with Crippen molar-refractivity contribution in [3.05, 3.63) is 45.0 Å². The quantitative estimate of drug-likeness (QED) is 0.425. The molecule has 0 saturated carbocycles. The van der Waals surface area contributed by atoms with Crippen LogP contribution in [-0.2, 0) is 4.74 Å². The molecule has 0 fully saturated rings. The van der Waals surface area contributed by atoms with Crippen molar-refractivity contribution in [1.82, 2.24) is 0 Å². The minimum absolute atomic E-state index is 0.360. The maximum absolute atomic E-state index is 11.5. The second kappa shape index (κ2) is 3.28. The van der Waals surface area contributed by atoms with Gasteiger partial charge in [0.05, 0.1) is 11.1 Å². The highest BCUT2D eigenvalue weighted by molar-refractivity contribution is 14.1. The van der Waals surface area contributed by atoms with Crippen molar-refractivity contribution in [3.63, 3.8) is 0 Å². The highest BCUT2D eigenvalue weighted by atomic mass is 127. The van der Waals surface area contributed by atoms with Crippen molar-refractivity contribution in [2.24, 2.45) is 0 Å². The number of hydrogen-bond acceptors (Lipinski definition) is 3. The molecule has 4 heteroatoms. The van der Waals surface area contributed by atoms with Gasteiger partial charge in [0.15, 0.2) is 0 Å². The molecule has 0 saturated heterocycles. The average molecular weight is 324 g/mol. The van der Waals surface area contributed by atoms with Gasteiger partial charge in [-0.25, -0.2) is 9.59 Å². The van der Waals surface area contributed by atoms with Crippen molar-refractivity contribution in [2.45, 2.75) is 0 Å². The zero-order valence-corrected chi connectivity index (χ0v) is 10.1.